The topological polar surface area (TPSA) is 24.7 Å². The Kier molecular flexibility index (Phi) is 66.6. The summed E-state index contributed by atoms with van der Waals surface area (Å²) in [4.78, 5) is 12.0. The first kappa shape index (κ1) is 92.5. The van der Waals surface area contributed by atoms with Gasteiger partial charge in [-0.2, -0.15) is 0 Å². The molecule has 0 saturated carbocycles. The van der Waals surface area contributed by atoms with E-state index in [4.69, 9.17) is 9.98 Å². The van der Waals surface area contributed by atoms with Crippen LogP contribution in [0.15, 0.2) is 88.9 Å². The van der Waals surface area contributed by atoms with Gasteiger partial charge in [0.15, 0.2) is 0 Å². The van der Waals surface area contributed by atoms with E-state index in [0.29, 0.717) is 0 Å². The van der Waals surface area contributed by atoms with Crippen LogP contribution in [0.1, 0.15) is 442 Å². The van der Waals surface area contributed by atoms with Crippen molar-refractivity contribution in [1.82, 2.24) is 0 Å². The molecule has 0 atom stereocenters. The van der Waals surface area contributed by atoms with Gasteiger partial charge in [0.1, 0.15) is 5.71 Å². The van der Waals surface area contributed by atoms with Crippen LogP contribution in [-0.2, 0) is 61.4 Å². The second-order valence-corrected chi connectivity index (χ2v) is 29.3. The molecule has 0 N–H and O–H groups in total. The zero-order valence-electron chi connectivity index (χ0n) is 66.6. The van der Waals surface area contributed by atoms with Gasteiger partial charge in [0.2, 0.25) is 0 Å². The van der Waals surface area contributed by atoms with Crippen LogP contribution in [0.25, 0.3) is 0 Å². The van der Waals surface area contributed by atoms with Crippen LogP contribution in [0.2, 0.25) is 0 Å². The largest absolute Gasteiger partial charge is 2.00 e. The van der Waals surface area contributed by atoms with E-state index in [1.54, 1.807) is 16.7 Å². The maximum Gasteiger partial charge on any atom is 2.00 e. The van der Waals surface area contributed by atoms with Crippen molar-refractivity contribution in [3.05, 3.63) is 118 Å². The van der Waals surface area contributed by atoms with E-state index < -0.39 is 0 Å². The molecule has 0 fully saturated rings. The predicted octanol–water partition coefficient (Wildman–Crippen LogP) is 32.0. The molecule has 2 nitrogen and oxygen atoms in total. The second kappa shape index (κ2) is 70.6. The van der Waals surface area contributed by atoms with Crippen molar-refractivity contribution < 1.29 is 16.5 Å². The molecule has 98 heavy (non-hydrogen) atoms. The maximum absolute atomic E-state index is 6.28. The zero-order valence-corrected chi connectivity index (χ0v) is 67.6. The molecule has 2 aromatic rings. The monoisotopic (exact) mass is 1390 g/mol. The van der Waals surface area contributed by atoms with E-state index in [0.717, 1.165) is 113 Å². The van der Waals surface area contributed by atoms with E-state index in [9.17, 15) is 0 Å². The molecule has 0 aliphatic heterocycles. The molecule has 0 bridgehead atoms. The van der Waals surface area contributed by atoms with Gasteiger partial charge in [-0.25, -0.2) is 4.99 Å². The summed E-state index contributed by atoms with van der Waals surface area (Å²) < 4.78 is 0. The van der Waals surface area contributed by atoms with E-state index in [1.165, 1.54) is 317 Å². The summed E-state index contributed by atoms with van der Waals surface area (Å²) in [6.45, 7) is 21.0. The van der Waals surface area contributed by atoms with Crippen LogP contribution in [0, 0.1) is 11.8 Å². The van der Waals surface area contributed by atoms with Crippen LogP contribution in [-0.4, -0.2) is 11.4 Å². The first-order chi connectivity index (χ1) is 48.0. The second-order valence-electron chi connectivity index (χ2n) is 29.3. The van der Waals surface area contributed by atoms with Gasteiger partial charge in [0, 0.05) is 6.42 Å². The molecular weight excluding hydrogens is 1230 g/mol. The molecule has 558 valence electrons. The van der Waals surface area contributed by atoms with Gasteiger partial charge in [-0.05, 0) is 224 Å². The number of aliphatic imine (C=N–C) groups is 2. The molecule has 2 rings (SSSR count). The summed E-state index contributed by atoms with van der Waals surface area (Å²) in [7, 11) is 0. The number of unbranched alkanes of at least 4 members (excludes halogenated alkanes) is 39. The fourth-order valence-corrected chi connectivity index (χ4v) is 14.1. The minimum absolute atomic E-state index is 0. The van der Waals surface area contributed by atoms with Crippen molar-refractivity contribution in [2.45, 2.75) is 448 Å². The number of rotatable bonds is 67. The minimum Gasteiger partial charge on any atom is -0.251 e. The van der Waals surface area contributed by atoms with Gasteiger partial charge < -0.3 is 0 Å². The molecule has 0 amide bonds. The average Bonchev–Trinajstić information content (AvgIpc) is 0.766. The van der Waals surface area contributed by atoms with E-state index >= 15 is 0 Å². The number of nitrogens with zero attached hydrogens (tertiary/aromatic N) is 2. The Morgan fingerprint density at radius 1 is 0.286 bits per heavy atom. The van der Waals surface area contributed by atoms with Crippen LogP contribution in [0.5, 0.6) is 0 Å². The minimum atomic E-state index is 0. The van der Waals surface area contributed by atoms with E-state index in [-0.39, 0.29) is 16.5 Å². The Morgan fingerprint density at radius 3 is 0.918 bits per heavy atom. The van der Waals surface area contributed by atoms with Gasteiger partial charge in [0.25, 0.3) is 0 Å². The third kappa shape index (κ3) is 48.4. The van der Waals surface area contributed by atoms with Gasteiger partial charge in [-0.3, -0.25) is 4.99 Å². The standard InChI is InChI=1S/C95H160N2.Ni/c1-10-19-27-33-39-45-46-47-48-49-50-51-52-53-59-65-73-81-94(93(18-9)96-87-83-82-85(74-66-25-16-7)86(84-87)75-67-26-17-8)97-95-91(79-71-63-57-43-37-31-23-14-5)89(77-69-61-55-41-35-29-21-12-3)88(76-68-60-54-40-34-28-20-11-2)90(78-70-62-56-42-36-30-22-13-4)92(95)80-72-64-58-44-38-32-24-15-6;/h54-58,60-64,82-84H,10-53,59,65-72,74-80H2,1-9H3;/q;+2/b60-54+,61-55+,62-56+,63-57+,64-58+,96-93?,97-94?;. The summed E-state index contributed by atoms with van der Waals surface area (Å²) in [5, 5.41) is 0. The van der Waals surface area contributed by atoms with Crippen molar-refractivity contribution in [3.63, 3.8) is 0 Å². The van der Waals surface area contributed by atoms with Crippen molar-refractivity contribution in [3.8, 4) is 11.8 Å². The van der Waals surface area contributed by atoms with Gasteiger partial charge >= 0.3 is 16.5 Å². The Balaban J connectivity index is 0.0000480. The van der Waals surface area contributed by atoms with Crippen LogP contribution < -0.4 is 0 Å². The number of aryl methyl sites for hydroxylation is 2. The van der Waals surface area contributed by atoms with Crippen LogP contribution >= 0.6 is 0 Å². The number of hydrogen-bond acceptors (Lipinski definition) is 2. The molecule has 0 saturated heterocycles. The molecule has 3 heteroatoms. The quantitative estimate of drug-likeness (QED) is 0.0207. The van der Waals surface area contributed by atoms with E-state index in [2.05, 4.69) is 153 Å². The molecule has 2 aromatic carbocycles. The van der Waals surface area contributed by atoms with Crippen LogP contribution in [0.4, 0.5) is 11.4 Å². The van der Waals surface area contributed by atoms with Gasteiger partial charge in [-0.15, -0.1) is 0 Å². The van der Waals surface area contributed by atoms with Crippen molar-refractivity contribution in [2.24, 2.45) is 9.98 Å². The van der Waals surface area contributed by atoms with E-state index in [1.807, 2.05) is 0 Å². The Labute approximate surface area is 622 Å². The first-order valence-electron chi connectivity index (χ1n) is 43.2. The zero-order chi connectivity index (χ0) is 69.8. The number of benzene rings is 2. The van der Waals surface area contributed by atoms with Gasteiger partial charge in [0.05, 0.1) is 17.1 Å². The van der Waals surface area contributed by atoms with Gasteiger partial charge in [-0.1, -0.05) is 347 Å². The molecule has 0 heterocycles. The van der Waals surface area contributed by atoms with Crippen molar-refractivity contribution in [1.29, 1.82) is 0 Å². The number of hydrogen-bond donors (Lipinski definition) is 0. The summed E-state index contributed by atoms with van der Waals surface area (Å²) in [5.41, 5.74) is 15.2. The fourth-order valence-electron chi connectivity index (χ4n) is 14.1. The molecule has 0 unspecified atom stereocenters. The molecule has 0 spiro atoms. The normalized spacial score (nSPS) is 12.3. The van der Waals surface area contributed by atoms with Crippen molar-refractivity contribution >= 4 is 22.8 Å². The SMILES string of the molecule is CCCCCC/C=C/CCc1c(CC/C=C/CCCCCC)c(CC/C=C/CCCCCC)c(N=C(C#CCCCCCCCCCCCCCCCCC)C(CC)=Nc2ccc(CCCCC)c(CCCCC)c2)c(CC/C=C/CCCCCC)c1CC/C=C/CCCCCC.[Ni+2]. The predicted molar refractivity (Wildman–Crippen MR) is 442 cm³/mol. The Bertz CT molecular complexity index is 2350. The third-order valence-electron chi connectivity index (χ3n) is 20.3. The first-order valence-corrected chi connectivity index (χ1v) is 43.2. The summed E-state index contributed by atoms with van der Waals surface area (Å²) >= 11 is 0. The fraction of sp³-hybridized carbons (Fsp3) is 0.726. The molecule has 0 aromatic heterocycles. The van der Waals surface area contributed by atoms with Crippen LogP contribution in [0.3, 0.4) is 0 Å². The summed E-state index contributed by atoms with van der Waals surface area (Å²) in [6, 6.07) is 7.23. The number of allylic oxidation sites excluding steroid dienone is 10. The summed E-state index contributed by atoms with van der Waals surface area (Å²) in [6.07, 6.45) is 100. The third-order valence-corrected chi connectivity index (χ3v) is 20.3. The molecule has 0 aliphatic carbocycles. The van der Waals surface area contributed by atoms with Crippen molar-refractivity contribution in [2.75, 3.05) is 0 Å². The average molecular weight is 1390 g/mol. The molecule has 0 aliphatic rings. The smallest absolute Gasteiger partial charge is 0.251 e. The molecule has 0 radical (unpaired) electrons. The Hall–Kier alpha value is -3.47. The summed E-state index contributed by atoms with van der Waals surface area (Å²) in [5.74, 6) is 7.80. The maximum atomic E-state index is 6.28. The molecular formula is C95H160N2Ni+2. The Morgan fingerprint density at radius 2 is 0.571 bits per heavy atom.